The van der Waals surface area contributed by atoms with Crippen LogP contribution in [0.5, 0.6) is 0 Å². The van der Waals surface area contributed by atoms with Gasteiger partial charge in [-0.05, 0) is 26.2 Å². The molecule has 0 heterocycles. The van der Waals surface area contributed by atoms with E-state index in [4.69, 9.17) is 0 Å². The van der Waals surface area contributed by atoms with Gasteiger partial charge in [-0.1, -0.05) is 36.5 Å². The molecule has 0 radical (unpaired) electrons. The van der Waals surface area contributed by atoms with Gasteiger partial charge in [0.2, 0.25) is 0 Å². The molecule has 0 saturated heterocycles. The van der Waals surface area contributed by atoms with Gasteiger partial charge in [0.05, 0.1) is 0 Å². The number of hydrogen-bond donors (Lipinski definition) is 0. The fourth-order valence-corrected chi connectivity index (χ4v) is 1.61. The Labute approximate surface area is 86.2 Å². The van der Waals surface area contributed by atoms with Gasteiger partial charge in [-0.2, -0.15) is 0 Å². The minimum Gasteiger partial charge on any atom is -0.299 e. The Morgan fingerprint density at radius 3 is 2.57 bits per heavy atom. The third kappa shape index (κ3) is 3.33. The van der Waals surface area contributed by atoms with Crippen LogP contribution < -0.4 is 0 Å². The zero-order valence-electron chi connectivity index (χ0n) is 8.83. The van der Waals surface area contributed by atoms with E-state index in [1.54, 1.807) is 0 Å². The molecule has 76 valence electrons. The van der Waals surface area contributed by atoms with E-state index in [0.717, 1.165) is 24.8 Å². The first-order valence-electron chi connectivity index (χ1n) is 5.20. The molecule has 0 amide bonds. The summed E-state index contributed by atoms with van der Waals surface area (Å²) < 4.78 is 0. The minimum absolute atomic E-state index is 0.0222. The van der Waals surface area contributed by atoms with Gasteiger partial charge < -0.3 is 0 Å². The average molecular weight is 190 g/mol. The van der Waals surface area contributed by atoms with Gasteiger partial charge in [0.1, 0.15) is 5.78 Å². The topological polar surface area (TPSA) is 17.1 Å². The Morgan fingerprint density at radius 1 is 1.29 bits per heavy atom. The molecule has 0 fully saturated rings. The third-order valence-corrected chi connectivity index (χ3v) is 2.51. The van der Waals surface area contributed by atoms with E-state index < -0.39 is 0 Å². The highest BCUT2D eigenvalue weighted by Gasteiger charge is 2.16. The highest BCUT2D eigenvalue weighted by atomic mass is 16.1. The first kappa shape index (κ1) is 11.0. The van der Waals surface area contributed by atoms with E-state index in [2.05, 4.69) is 24.8 Å². The number of Topliss-reactive ketones (excluding diaryl/α,β-unsaturated/α-hetero) is 1. The lowest BCUT2D eigenvalue weighted by molar-refractivity contribution is -0.120. The van der Waals surface area contributed by atoms with E-state index in [9.17, 15) is 4.79 Å². The van der Waals surface area contributed by atoms with E-state index in [-0.39, 0.29) is 5.92 Å². The molecule has 0 bridgehead atoms. The zero-order valence-corrected chi connectivity index (χ0v) is 8.83. The number of rotatable bonds is 1. The summed E-state index contributed by atoms with van der Waals surface area (Å²) in [6, 6.07) is 0. The molecule has 0 spiro atoms. The van der Waals surface area contributed by atoms with Crippen LogP contribution in [-0.4, -0.2) is 5.78 Å². The normalized spacial score (nSPS) is 23.5. The molecule has 1 heteroatoms. The predicted octanol–water partition coefficient (Wildman–Crippen LogP) is 3.43. The van der Waals surface area contributed by atoms with E-state index in [1.807, 2.05) is 13.0 Å². The average Bonchev–Trinajstić information content (AvgIpc) is 2.15. The van der Waals surface area contributed by atoms with Gasteiger partial charge in [0.25, 0.3) is 0 Å². The Hall–Kier alpha value is -1.11. The largest absolute Gasteiger partial charge is 0.299 e. The summed E-state index contributed by atoms with van der Waals surface area (Å²) in [6.45, 7) is 5.81. The second-order valence-electron chi connectivity index (χ2n) is 3.83. The maximum Gasteiger partial charge on any atom is 0.144 e. The molecule has 1 atom stereocenters. The number of ketones is 1. The van der Waals surface area contributed by atoms with Crippen molar-refractivity contribution in [2.24, 2.45) is 5.92 Å². The second-order valence-corrected chi connectivity index (χ2v) is 3.83. The van der Waals surface area contributed by atoms with Gasteiger partial charge in [0.15, 0.2) is 0 Å². The van der Waals surface area contributed by atoms with Crippen molar-refractivity contribution in [2.75, 3.05) is 0 Å². The van der Waals surface area contributed by atoms with Crippen LogP contribution in [0.3, 0.4) is 0 Å². The molecule has 1 rings (SSSR count). The zero-order chi connectivity index (χ0) is 10.4. The first-order chi connectivity index (χ1) is 6.72. The molecule has 1 nitrogen and oxygen atoms in total. The van der Waals surface area contributed by atoms with E-state index in [0.29, 0.717) is 12.2 Å². The predicted molar refractivity (Wildman–Crippen MR) is 60.1 cm³/mol. The Morgan fingerprint density at radius 2 is 1.93 bits per heavy atom. The molecule has 1 unspecified atom stereocenters. The summed E-state index contributed by atoms with van der Waals surface area (Å²) in [4.78, 5) is 11.7. The quantitative estimate of drug-likeness (QED) is 0.579. The van der Waals surface area contributed by atoms with Gasteiger partial charge >= 0.3 is 0 Å². The summed E-state index contributed by atoms with van der Waals surface area (Å²) in [6.07, 6.45) is 11.8. The molecule has 0 aliphatic heterocycles. The summed E-state index contributed by atoms with van der Waals surface area (Å²) in [7, 11) is 0. The summed E-state index contributed by atoms with van der Waals surface area (Å²) in [5.41, 5.74) is 0.980. The maximum absolute atomic E-state index is 11.7. The van der Waals surface area contributed by atoms with Crippen LogP contribution in [0.4, 0.5) is 0 Å². The van der Waals surface area contributed by atoms with Gasteiger partial charge in [-0.3, -0.25) is 4.79 Å². The van der Waals surface area contributed by atoms with Crippen LogP contribution >= 0.6 is 0 Å². The standard InChI is InChI=1S/C13H18O/c1-11(2)12-9-7-5-3-4-6-8-10-13(12)14/h5-8,12H,1,3-4,9-10H2,2H3. The van der Waals surface area contributed by atoms with Crippen molar-refractivity contribution < 1.29 is 4.79 Å². The number of hydrogen-bond acceptors (Lipinski definition) is 1. The number of carbonyl (C=O) groups is 1. The smallest absolute Gasteiger partial charge is 0.144 e. The van der Waals surface area contributed by atoms with Crippen LogP contribution in [0, 0.1) is 5.92 Å². The summed E-state index contributed by atoms with van der Waals surface area (Å²) in [5, 5.41) is 0. The van der Waals surface area contributed by atoms with Crippen LogP contribution in [0.1, 0.15) is 32.6 Å². The number of carbonyl (C=O) groups excluding carboxylic acids is 1. The van der Waals surface area contributed by atoms with Crippen molar-refractivity contribution in [3.05, 3.63) is 36.5 Å². The Balaban J connectivity index is 2.70. The molecule has 1 aliphatic carbocycles. The van der Waals surface area contributed by atoms with Crippen molar-refractivity contribution in [2.45, 2.75) is 32.6 Å². The fraction of sp³-hybridized carbons (Fsp3) is 0.462. The molecule has 0 aromatic rings. The van der Waals surface area contributed by atoms with Crippen LogP contribution in [0.15, 0.2) is 36.5 Å². The SMILES string of the molecule is C=C(C)C1CC=CCCC=CCC1=O. The monoisotopic (exact) mass is 190 g/mol. The molecule has 0 aromatic heterocycles. The maximum atomic E-state index is 11.7. The second kappa shape index (κ2) is 5.58. The van der Waals surface area contributed by atoms with Crippen molar-refractivity contribution in [3.63, 3.8) is 0 Å². The van der Waals surface area contributed by atoms with Crippen molar-refractivity contribution in [1.82, 2.24) is 0 Å². The molecular formula is C13H18O. The van der Waals surface area contributed by atoms with Crippen LogP contribution in [-0.2, 0) is 4.79 Å². The summed E-state index contributed by atoms with van der Waals surface area (Å²) in [5.74, 6) is 0.314. The van der Waals surface area contributed by atoms with Gasteiger partial charge in [0, 0.05) is 12.3 Å². The molecule has 0 aromatic carbocycles. The first-order valence-corrected chi connectivity index (χ1v) is 5.20. The highest BCUT2D eigenvalue weighted by molar-refractivity contribution is 5.84. The molecule has 1 aliphatic rings. The third-order valence-electron chi connectivity index (χ3n) is 2.51. The van der Waals surface area contributed by atoms with Crippen molar-refractivity contribution >= 4 is 5.78 Å². The Bertz CT molecular complexity index is 271. The lowest BCUT2D eigenvalue weighted by Gasteiger charge is -2.13. The Kier molecular flexibility index (Phi) is 4.37. The number of allylic oxidation sites excluding steroid dienone is 5. The van der Waals surface area contributed by atoms with Gasteiger partial charge in [-0.15, -0.1) is 0 Å². The molecule has 14 heavy (non-hydrogen) atoms. The van der Waals surface area contributed by atoms with Gasteiger partial charge in [-0.25, -0.2) is 0 Å². The minimum atomic E-state index is 0.0222. The fourth-order valence-electron chi connectivity index (χ4n) is 1.61. The highest BCUT2D eigenvalue weighted by Crippen LogP contribution is 2.18. The molecule has 0 N–H and O–H groups in total. The lowest BCUT2D eigenvalue weighted by Crippen LogP contribution is -2.14. The molecular weight excluding hydrogens is 172 g/mol. The van der Waals surface area contributed by atoms with Crippen molar-refractivity contribution in [3.8, 4) is 0 Å². The van der Waals surface area contributed by atoms with Crippen LogP contribution in [0.25, 0.3) is 0 Å². The van der Waals surface area contributed by atoms with E-state index in [1.165, 1.54) is 0 Å². The summed E-state index contributed by atoms with van der Waals surface area (Å²) >= 11 is 0. The van der Waals surface area contributed by atoms with Crippen LogP contribution in [0.2, 0.25) is 0 Å². The van der Waals surface area contributed by atoms with E-state index >= 15 is 0 Å². The van der Waals surface area contributed by atoms with Crippen molar-refractivity contribution in [1.29, 1.82) is 0 Å². The lowest BCUT2D eigenvalue weighted by atomic mass is 9.90. The molecule has 0 saturated carbocycles.